The monoisotopic (exact) mass is 466 g/mol. The molecule has 0 saturated carbocycles. The van der Waals surface area contributed by atoms with Crippen molar-refractivity contribution in [2.75, 3.05) is 19.6 Å². The number of carbonyl (C=O) groups excluding carboxylic acids is 1. The maximum atomic E-state index is 13.4. The van der Waals surface area contributed by atoms with Crippen LogP contribution in [-0.4, -0.2) is 46.0 Å². The third kappa shape index (κ3) is 6.45. The zero-order valence-corrected chi connectivity index (χ0v) is 20.8. The van der Waals surface area contributed by atoms with Crippen molar-refractivity contribution in [2.24, 2.45) is 0 Å². The molecule has 3 aromatic rings. The Labute approximate surface area is 200 Å². The number of para-hydroxylation sites is 1. The molecule has 0 spiro atoms. The van der Waals surface area contributed by atoms with Gasteiger partial charge in [-0.05, 0) is 57.6 Å². The molecule has 1 aromatic heterocycles. The fraction of sp³-hybridized carbons (Fsp3) is 0.423. The highest BCUT2D eigenvalue weighted by Crippen LogP contribution is 2.35. The lowest BCUT2D eigenvalue weighted by Crippen LogP contribution is -2.34. The number of fused-ring (bicyclic) bond motifs is 1. The molecule has 0 aliphatic carbocycles. The highest BCUT2D eigenvalue weighted by molar-refractivity contribution is 8.00. The number of benzene rings is 2. The molecule has 1 heterocycles. The van der Waals surface area contributed by atoms with Gasteiger partial charge in [0.15, 0.2) is 5.16 Å². The summed E-state index contributed by atoms with van der Waals surface area (Å²) in [6, 6.07) is 17.1. The summed E-state index contributed by atoms with van der Waals surface area (Å²) in [5, 5.41) is 3.70. The molecular weight excluding hydrogens is 432 g/mol. The van der Waals surface area contributed by atoms with Gasteiger partial charge >= 0.3 is 0 Å². The Bertz CT molecular complexity index is 1110. The highest BCUT2D eigenvalue weighted by Gasteiger charge is 2.25. The fourth-order valence-corrected chi connectivity index (χ4v) is 4.93. The second-order valence-corrected chi connectivity index (χ2v) is 9.39. The van der Waals surface area contributed by atoms with Crippen molar-refractivity contribution in [3.8, 4) is 0 Å². The van der Waals surface area contributed by atoms with Crippen LogP contribution in [0.3, 0.4) is 0 Å². The molecule has 7 heteroatoms. The molecular formula is C26H34N4O2S. The van der Waals surface area contributed by atoms with E-state index in [0.29, 0.717) is 22.6 Å². The molecule has 0 saturated heterocycles. The van der Waals surface area contributed by atoms with Crippen molar-refractivity contribution in [2.45, 2.75) is 57.1 Å². The molecule has 0 aliphatic heterocycles. The van der Waals surface area contributed by atoms with Crippen molar-refractivity contribution < 1.29 is 4.79 Å². The quantitative estimate of drug-likeness (QED) is 0.333. The van der Waals surface area contributed by atoms with E-state index in [1.807, 2.05) is 68.4 Å². The Kier molecular flexibility index (Phi) is 9.09. The number of thioether (sulfide) groups is 1. The van der Waals surface area contributed by atoms with Crippen LogP contribution in [0.25, 0.3) is 10.9 Å². The van der Waals surface area contributed by atoms with E-state index in [9.17, 15) is 9.59 Å². The summed E-state index contributed by atoms with van der Waals surface area (Å²) >= 11 is 1.34. The Morgan fingerprint density at radius 1 is 1.06 bits per heavy atom. The Morgan fingerprint density at radius 3 is 2.39 bits per heavy atom. The average molecular weight is 467 g/mol. The van der Waals surface area contributed by atoms with Gasteiger partial charge in [-0.3, -0.25) is 14.2 Å². The molecule has 0 fully saturated rings. The second kappa shape index (κ2) is 12.0. The van der Waals surface area contributed by atoms with Crippen LogP contribution in [0.15, 0.2) is 64.5 Å². The van der Waals surface area contributed by atoms with Crippen LogP contribution >= 0.6 is 11.8 Å². The Balaban J connectivity index is 2.01. The minimum Gasteiger partial charge on any atom is -0.353 e. The van der Waals surface area contributed by atoms with E-state index in [-0.39, 0.29) is 17.5 Å². The summed E-state index contributed by atoms with van der Waals surface area (Å²) in [4.78, 5) is 33.7. The van der Waals surface area contributed by atoms with Crippen LogP contribution in [0.1, 0.15) is 44.9 Å². The first-order valence-corrected chi connectivity index (χ1v) is 12.6. The smallest absolute Gasteiger partial charge is 0.262 e. The molecule has 1 N–H and O–H groups in total. The van der Waals surface area contributed by atoms with Crippen molar-refractivity contribution in [1.29, 1.82) is 0 Å². The summed E-state index contributed by atoms with van der Waals surface area (Å²) < 4.78 is 1.75. The van der Waals surface area contributed by atoms with E-state index >= 15 is 0 Å². The van der Waals surface area contributed by atoms with Gasteiger partial charge in [-0.2, -0.15) is 0 Å². The minimum absolute atomic E-state index is 0.0186. The van der Waals surface area contributed by atoms with Crippen LogP contribution in [0.5, 0.6) is 0 Å². The lowest BCUT2D eigenvalue weighted by Gasteiger charge is -2.21. The first kappa shape index (κ1) is 25.0. The molecule has 1 amide bonds. The van der Waals surface area contributed by atoms with Crippen LogP contribution in [0.4, 0.5) is 0 Å². The topological polar surface area (TPSA) is 67.2 Å². The highest BCUT2D eigenvalue weighted by atomic mass is 32.2. The lowest BCUT2D eigenvalue weighted by atomic mass is 10.1. The second-order valence-electron chi connectivity index (χ2n) is 8.32. The fourth-order valence-electron chi connectivity index (χ4n) is 3.79. The van der Waals surface area contributed by atoms with E-state index in [4.69, 9.17) is 4.98 Å². The number of rotatable bonds is 11. The third-order valence-electron chi connectivity index (χ3n) is 5.57. The standard InChI is InChI=1S/C26H34N4O2S/c1-5-29(6-2)17-12-18-30-25(32)21-15-10-11-16-22(21)28-26(30)33-23(24(31)27-19(3)4)20-13-8-7-9-14-20/h7-11,13-16,19,23H,5-6,12,17-18H2,1-4H3,(H,27,31). The van der Waals surface area contributed by atoms with E-state index in [2.05, 4.69) is 24.1 Å². The normalized spacial score (nSPS) is 12.4. The zero-order chi connectivity index (χ0) is 23.8. The van der Waals surface area contributed by atoms with Gasteiger partial charge in [0.2, 0.25) is 5.91 Å². The van der Waals surface area contributed by atoms with Gasteiger partial charge in [0.25, 0.3) is 5.56 Å². The van der Waals surface area contributed by atoms with Gasteiger partial charge < -0.3 is 10.2 Å². The molecule has 6 nitrogen and oxygen atoms in total. The number of hydrogen-bond acceptors (Lipinski definition) is 5. The largest absolute Gasteiger partial charge is 0.353 e. The lowest BCUT2D eigenvalue weighted by molar-refractivity contribution is -0.121. The van der Waals surface area contributed by atoms with Gasteiger partial charge in [0, 0.05) is 12.6 Å². The summed E-state index contributed by atoms with van der Waals surface area (Å²) in [6.45, 7) is 11.6. The first-order chi connectivity index (χ1) is 15.9. The minimum atomic E-state index is -0.504. The van der Waals surface area contributed by atoms with Crippen LogP contribution in [-0.2, 0) is 11.3 Å². The van der Waals surface area contributed by atoms with E-state index in [1.165, 1.54) is 11.8 Å². The number of carbonyl (C=O) groups is 1. The molecule has 1 atom stereocenters. The molecule has 0 radical (unpaired) electrons. The molecule has 0 aliphatic rings. The molecule has 33 heavy (non-hydrogen) atoms. The van der Waals surface area contributed by atoms with Gasteiger partial charge in [0.05, 0.1) is 10.9 Å². The van der Waals surface area contributed by atoms with E-state index in [1.54, 1.807) is 4.57 Å². The number of hydrogen-bond donors (Lipinski definition) is 1. The number of aromatic nitrogens is 2. The van der Waals surface area contributed by atoms with E-state index < -0.39 is 5.25 Å². The molecule has 1 unspecified atom stereocenters. The van der Waals surface area contributed by atoms with Crippen LogP contribution in [0.2, 0.25) is 0 Å². The molecule has 2 aromatic carbocycles. The molecule has 0 bridgehead atoms. The number of nitrogens with one attached hydrogen (secondary N) is 1. The van der Waals surface area contributed by atoms with Gasteiger partial charge in [0.1, 0.15) is 5.25 Å². The zero-order valence-electron chi connectivity index (χ0n) is 20.0. The number of amides is 1. The van der Waals surface area contributed by atoms with Crippen LogP contribution in [0, 0.1) is 0 Å². The first-order valence-electron chi connectivity index (χ1n) is 11.7. The Morgan fingerprint density at radius 2 is 1.73 bits per heavy atom. The predicted molar refractivity (Wildman–Crippen MR) is 137 cm³/mol. The molecule has 176 valence electrons. The SMILES string of the molecule is CCN(CC)CCCn1c(SC(C(=O)NC(C)C)c2ccccc2)nc2ccccc2c1=O. The van der Waals surface area contributed by atoms with Gasteiger partial charge in [-0.1, -0.05) is 68.1 Å². The van der Waals surface area contributed by atoms with E-state index in [0.717, 1.165) is 31.6 Å². The maximum Gasteiger partial charge on any atom is 0.262 e. The molecule has 3 rings (SSSR count). The van der Waals surface area contributed by atoms with Crippen molar-refractivity contribution in [3.63, 3.8) is 0 Å². The summed E-state index contributed by atoms with van der Waals surface area (Å²) in [7, 11) is 0. The van der Waals surface area contributed by atoms with Crippen molar-refractivity contribution >= 4 is 28.6 Å². The van der Waals surface area contributed by atoms with Gasteiger partial charge in [-0.15, -0.1) is 0 Å². The average Bonchev–Trinajstić information content (AvgIpc) is 2.82. The number of nitrogens with zero attached hydrogens (tertiary/aromatic N) is 3. The predicted octanol–water partition coefficient (Wildman–Crippen LogP) is 4.49. The third-order valence-corrected chi connectivity index (χ3v) is 6.82. The summed E-state index contributed by atoms with van der Waals surface area (Å²) in [5.41, 5.74) is 1.48. The Hall–Kier alpha value is -2.64. The van der Waals surface area contributed by atoms with Gasteiger partial charge in [-0.25, -0.2) is 4.98 Å². The van der Waals surface area contributed by atoms with Crippen LogP contribution < -0.4 is 10.9 Å². The van der Waals surface area contributed by atoms with Crippen molar-refractivity contribution in [1.82, 2.24) is 19.8 Å². The maximum absolute atomic E-state index is 13.4. The summed E-state index contributed by atoms with van der Waals surface area (Å²) in [6.07, 6.45) is 0.837. The van der Waals surface area contributed by atoms with Crippen molar-refractivity contribution in [3.05, 3.63) is 70.5 Å². The summed E-state index contributed by atoms with van der Waals surface area (Å²) in [5.74, 6) is -0.0849.